The number of rotatable bonds is 3. The molecule has 0 aliphatic heterocycles. The first-order valence-corrected chi connectivity index (χ1v) is 7.21. The van der Waals surface area contributed by atoms with E-state index in [9.17, 15) is 4.39 Å². The van der Waals surface area contributed by atoms with E-state index in [2.05, 4.69) is 21.2 Å². The van der Waals surface area contributed by atoms with Gasteiger partial charge in [0.1, 0.15) is 10.8 Å². The maximum atomic E-state index is 13.6. The van der Waals surface area contributed by atoms with Crippen molar-refractivity contribution in [3.63, 3.8) is 0 Å². The van der Waals surface area contributed by atoms with Crippen molar-refractivity contribution >= 4 is 44.5 Å². The average Bonchev–Trinajstić information content (AvgIpc) is 2.35. The summed E-state index contributed by atoms with van der Waals surface area (Å²) in [7, 11) is 0. The number of hydrogen-bond acceptors (Lipinski definition) is 2. The summed E-state index contributed by atoms with van der Waals surface area (Å²) >= 11 is 8.15. The molecule has 0 aromatic heterocycles. The minimum Gasteiger partial charge on any atom is -0.389 e. The van der Waals surface area contributed by atoms with E-state index >= 15 is 0 Å². The van der Waals surface area contributed by atoms with Crippen molar-refractivity contribution in [3.8, 4) is 0 Å². The summed E-state index contributed by atoms with van der Waals surface area (Å²) < 4.78 is 14.0. The zero-order chi connectivity index (χ0) is 14.9. The lowest BCUT2D eigenvalue weighted by molar-refractivity contribution is 0.621. The maximum absolute atomic E-state index is 13.6. The molecular formula is C15H14BrFN2S. The number of benzene rings is 2. The monoisotopic (exact) mass is 352 g/mol. The summed E-state index contributed by atoms with van der Waals surface area (Å²) in [5.41, 5.74) is 10.0. The van der Waals surface area contributed by atoms with Gasteiger partial charge in [-0.15, -0.1) is 0 Å². The molecule has 0 radical (unpaired) electrons. The highest BCUT2D eigenvalue weighted by atomic mass is 79.9. The van der Waals surface area contributed by atoms with Crippen molar-refractivity contribution in [1.82, 2.24) is 0 Å². The van der Waals surface area contributed by atoms with Gasteiger partial charge in [0.25, 0.3) is 0 Å². The zero-order valence-corrected chi connectivity index (χ0v) is 13.5. The van der Waals surface area contributed by atoms with E-state index in [0.717, 1.165) is 28.1 Å². The molecule has 2 aromatic rings. The molecule has 0 unspecified atom stereocenters. The Hall–Kier alpha value is -1.46. The van der Waals surface area contributed by atoms with Gasteiger partial charge in [0.15, 0.2) is 0 Å². The number of nitrogens with one attached hydrogen (secondary N) is 1. The third kappa shape index (κ3) is 3.16. The summed E-state index contributed by atoms with van der Waals surface area (Å²) in [5.74, 6) is -0.297. The standard InChI is InChI=1S/C15H14BrFN2S/c1-8-5-10(3-4-11(8)15(18)20)19-14-7-13(17)12(16)6-9(14)2/h3-7,19H,1-2H3,(H2,18,20). The molecule has 0 aliphatic carbocycles. The van der Waals surface area contributed by atoms with Crippen LogP contribution in [0, 0.1) is 19.7 Å². The first kappa shape index (κ1) is 14.9. The van der Waals surface area contributed by atoms with Gasteiger partial charge in [-0.25, -0.2) is 4.39 Å². The van der Waals surface area contributed by atoms with Crippen molar-refractivity contribution in [2.24, 2.45) is 5.73 Å². The summed E-state index contributed by atoms with van der Waals surface area (Å²) in [6.07, 6.45) is 0. The van der Waals surface area contributed by atoms with Gasteiger partial charge in [-0.2, -0.15) is 0 Å². The van der Waals surface area contributed by atoms with Crippen LogP contribution in [0.4, 0.5) is 15.8 Å². The Morgan fingerprint density at radius 1 is 1.20 bits per heavy atom. The van der Waals surface area contributed by atoms with E-state index in [1.807, 2.05) is 32.0 Å². The molecule has 2 nitrogen and oxygen atoms in total. The van der Waals surface area contributed by atoms with Gasteiger partial charge in [0.05, 0.1) is 4.47 Å². The Morgan fingerprint density at radius 2 is 1.90 bits per heavy atom. The lowest BCUT2D eigenvalue weighted by atomic mass is 10.1. The van der Waals surface area contributed by atoms with Crippen LogP contribution >= 0.6 is 28.1 Å². The molecule has 5 heteroatoms. The van der Waals surface area contributed by atoms with Gasteiger partial charge in [-0.05, 0) is 71.2 Å². The minimum atomic E-state index is -0.297. The highest BCUT2D eigenvalue weighted by Crippen LogP contribution is 2.27. The van der Waals surface area contributed by atoms with Crippen LogP contribution in [-0.2, 0) is 0 Å². The fourth-order valence-corrected chi connectivity index (χ4v) is 2.64. The van der Waals surface area contributed by atoms with Gasteiger partial charge in [0, 0.05) is 16.9 Å². The van der Waals surface area contributed by atoms with Crippen molar-refractivity contribution in [3.05, 3.63) is 57.3 Å². The fraction of sp³-hybridized carbons (Fsp3) is 0.133. The van der Waals surface area contributed by atoms with Gasteiger partial charge in [0.2, 0.25) is 0 Å². The number of halogens is 2. The number of nitrogens with two attached hydrogens (primary N) is 1. The first-order valence-electron chi connectivity index (χ1n) is 6.01. The van der Waals surface area contributed by atoms with Crippen molar-refractivity contribution in [2.75, 3.05) is 5.32 Å². The van der Waals surface area contributed by atoms with Gasteiger partial charge in [-0.3, -0.25) is 0 Å². The van der Waals surface area contributed by atoms with Crippen molar-refractivity contribution in [1.29, 1.82) is 0 Å². The normalized spacial score (nSPS) is 10.4. The van der Waals surface area contributed by atoms with Gasteiger partial charge in [-0.1, -0.05) is 12.2 Å². The van der Waals surface area contributed by atoms with Crippen molar-refractivity contribution < 1.29 is 4.39 Å². The van der Waals surface area contributed by atoms with E-state index in [1.54, 1.807) is 6.07 Å². The van der Waals surface area contributed by atoms with Gasteiger partial charge < -0.3 is 11.1 Å². The molecule has 0 atom stereocenters. The highest BCUT2D eigenvalue weighted by molar-refractivity contribution is 9.10. The van der Waals surface area contributed by atoms with Crippen LogP contribution in [0.2, 0.25) is 0 Å². The summed E-state index contributed by atoms with van der Waals surface area (Å²) in [4.78, 5) is 0.375. The lowest BCUT2D eigenvalue weighted by Crippen LogP contribution is -2.11. The van der Waals surface area contributed by atoms with Crippen LogP contribution in [0.15, 0.2) is 34.8 Å². The maximum Gasteiger partial charge on any atom is 0.139 e. The second kappa shape index (κ2) is 5.89. The van der Waals surface area contributed by atoms with Gasteiger partial charge >= 0.3 is 0 Å². The quantitative estimate of drug-likeness (QED) is 0.793. The zero-order valence-electron chi connectivity index (χ0n) is 11.1. The smallest absolute Gasteiger partial charge is 0.139 e. The molecule has 0 amide bonds. The second-order valence-corrected chi connectivity index (χ2v) is 5.89. The molecule has 2 rings (SSSR count). The van der Waals surface area contributed by atoms with E-state index in [-0.39, 0.29) is 5.82 Å². The molecule has 0 bridgehead atoms. The molecule has 20 heavy (non-hydrogen) atoms. The Balaban J connectivity index is 2.33. The number of thiocarbonyl (C=S) groups is 1. The van der Waals surface area contributed by atoms with Crippen LogP contribution in [0.3, 0.4) is 0 Å². The third-order valence-corrected chi connectivity index (χ3v) is 3.87. The van der Waals surface area contributed by atoms with Crippen LogP contribution in [0.5, 0.6) is 0 Å². The lowest BCUT2D eigenvalue weighted by Gasteiger charge is -2.12. The van der Waals surface area contributed by atoms with Crippen LogP contribution in [-0.4, -0.2) is 4.99 Å². The molecule has 3 N–H and O–H groups in total. The molecule has 0 saturated carbocycles. The molecule has 104 valence electrons. The Morgan fingerprint density at radius 3 is 2.50 bits per heavy atom. The molecule has 0 heterocycles. The number of hydrogen-bond donors (Lipinski definition) is 2. The average molecular weight is 353 g/mol. The van der Waals surface area contributed by atoms with E-state index in [0.29, 0.717) is 9.46 Å². The third-order valence-electron chi connectivity index (χ3n) is 3.04. The van der Waals surface area contributed by atoms with E-state index in [1.165, 1.54) is 6.07 Å². The van der Waals surface area contributed by atoms with E-state index < -0.39 is 0 Å². The highest BCUT2D eigenvalue weighted by Gasteiger charge is 2.07. The second-order valence-electron chi connectivity index (χ2n) is 4.60. The topological polar surface area (TPSA) is 38.0 Å². The summed E-state index contributed by atoms with van der Waals surface area (Å²) in [6.45, 7) is 3.86. The minimum absolute atomic E-state index is 0.297. The van der Waals surface area contributed by atoms with E-state index in [4.69, 9.17) is 18.0 Å². The SMILES string of the molecule is Cc1cc(Br)c(F)cc1Nc1ccc(C(N)=S)c(C)c1. The fourth-order valence-electron chi connectivity index (χ4n) is 1.95. The Kier molecular flexibility index (Phi) is 4.40. The predicted molar refractivity (Wildman–Crippen MR) is 89.2 cm³/mol. The van der Waals surface area contributed by atoms with Crippen LogP contribution < -0.4 is 11.1 Å². The summed E-state index contributed by atoms with van der Waals surface area (Å²) in [6, 6.07) is 8.89. The molecule has 0 saturated heterocycles. The summed E-state index contributed by atoms with van der Waals surface area (Å²) in [5, 5.41) is 3.20. The molecule has 2 aromatic carbocycles. The van der Waals surface area contributed by atoms with Crippen molar-refractivity contribution in [2.45, 2.75) is 13.8 Å². The Labute approximate surface area is 131 Å². The molecule has 0 fully saturated rings. The number of aryl methyl sites for hydroxylation is 2. The largest absolute Gasteiger partial charge is 0.389 e. The molecular weight excluding hydrogens is 339 g/mol. The predicted octanol–water partition coefficient (Wildman–Crippen LogP) is 4.58. The molecule has 0 aliphatic rings. The molecule has 0 spiro atoms. The Bertz CT molecular complexity index is 686. The van der Waals surface area contributed by atoms with Crippen LogP contribution in [0.25, 0.3) is 0 Å². The first-order chi connectivity index (χ1) is 9.38. The number of anilines is 2. The van der Waals surface area contributed by atoms with Crippen LogP contribution in [0.1, 0.15) is 16.7 Å².